The van der Waals surface area contributed by atoms with E-state index in [2.05, 4.69) is 16.2 Å². The van der Waals surface area contributed by atoms with Crippen LogP contribution < -0.4 is 20.9 Å². The van der Waals surface area contributed by atoms with E-state index in [0.29, 0.717) is 30.8 Å². The molecular formula is C23H28N6O13S6. The first-order valence-corrected chi connectivity index (χ1v) is 23.8. The summed E-state index contributed by atoms with van der Waals surface area (Å²) in [5, 5.41) is 21.5. The van der Waals surface area contributed by atoms with Crippen molar-refractivity contribution in [3.05, 3.63) is 47.5 Å². The fourth-order valence-electron chi connectivity index (χ4n) is 3.74. The summed E-state index contributed by atoms with van der Waals surface area (Å²) >= 11 is 0. The standard InChI is InChI=1S/C23H28N6O13S6/c1-3-5-6-16(4-2)15-26-23(30)28-27-21-11-17(13-24)18(14-25)12-22(21)44(33,34)20-9-7-19(8-10-20)29-45(35,36)47(39,40)48(41,42)46(37,38)43(31)32/h7-12,16,27,29H,3-6,15H2,1-2H3,(H,31,32)(H2,26,28,30). The van der Waals surface area contributed by atoms with Crippen molar-refractivity contribution >= 4 is 70.1 Å². The Hall–Kier alpha value is -3.85. The minimum atomic E-state index is -6.87. The molecule has 5 N–H and O–H groups in total. The fourth-order valence-corrected chi connectivity index (χ4v) is 22.1. The maximum atomic E-state index is 13.6. The highest BCUT2D eigenvalue weighted by Gasteiger charge is 2.54. The number of carbonyl (C=O) groups is 1. The quantitative estimate of drug-likeness (QED) is 0.0899. The Kier molecular flexibility index (Phi) is 13.1. The van der Waals surface area contributed by atoms with Crippen LogP contribution in [0.3, 0.4) is 0 Å². The van der Waals surface area contributed by atoms with Gasteiger partial charge in [-0.25, -0.2) is 17.4 Å². The number of carbonyl (C=O) groups excluding carboxylic acids is 1. The van der Waals surface area contributed by atoms with Gasteiger partial charge in [0, 0.05) is 12.2 Å². The number of hydrogen-bond donors (Lipinski definition) is 5. The summed E-state index contributed by atoms with van der Waals surface area (Å²) < 4.78 is 144. The Labute approximate surface area is 277 Å². The number of urea groups is 1. The number of rotatable bonds is 16. The van der Waals surface area contributed by atoms with E-state index >= 15 is 0 Å². The second-order valence-corrected chi connectivity index (χ2v) is 27.4. The molecule has 0 aromatic heterocycles. The first-order chi connectivity index (χ1) is 22.1. The maximum absolute atomic E-state index is 13.6. The Morgan fingerprint density at radius 1 is 0.896 bits per heavy atom. The van der Waals surface area contributed by atoms with E-state index in [1.54, 1.807) is 12.1 Å². The average Bonchev–Trinajstić information content (AvgIpc) is 3.02. The van der Waals surface area contributed by atoms with E-state index in [1.165, 1.54) is 4.72 Å². The topological polar surface area (TPSA) is 321 Å². The highest BCUT2D eigenvalue weighted by Crippen LogP contribution is 2.31. The van der Waals surface area contributed by atoms with Gasteiger partial charge < -0.3 is 5.32 Å². The summed E-state index contributed by atoms with van der Waals surface area (Å²) in [6.45, 7) is 4.29. The van der Waals surface area contributed by atoms with Crippen LogP contribution >= 0.6 is 0 Å². The molecule has 2 rings (SSSR count). The molecule has 0 heterocycles. The molecule has 0 aliphatic carbocycles. The normalized spacial score (nSPS) is 13.7. The molecule has 2 amide bonds. The molecule has 19 nitrogen and oxygen atoms in total. The predicted octanol–water partition coefficient (Wildman–Crippen LogP) is 0.973. The smallest absolute Gasteiger partial charge is 0.336 e. The van der Waals surface area contributed by atoms with Crippen LogP contribution in [0.4, 0.5) is 16.2 Å². The van der Waals surface area contributed by atoms with Crippen LogP contribution in [0, 0.1) is 28.6 Å². The van der Waals surface area contributed by atoms with Gasteiger partial charge in [-0.05, 0) is 48.7 Å². The van der Waals surface area contributed by atoms with Gasteiger partial charge >= 0.3 is 38.8 Å². The van der Waals surface area contributed by atoms with Gasteiger partial charge in [-0.3, -0.25) is 20.1 Å². The van der Waals surface area contributed by atoms with Crippen molar-refractivity contribution in [2.24, 2.45) is 5.92 Å². The van der Waals surface area contributed by atoms with Crippen molar-refractivity contribution in [1.29, 1.82) is 10.5 Å². The predicted molar refractivity (Wildman–Crippen MR) is 171 cm³/mol. The second-order valence-electron chi connectivity index (χ2n) is 9.52. The van der Waals surface area contributed by atoms with Gasteiger partial charge in [0.25, 0.3) is 10.1 Å². The molecule has 2 aromatic carbocycles. The van der Waals surface area contributed by atoms with Gasteiger partial charge in [-0.2, -0.15) is 44.2 Å². The largest absolute Gasteiger partial charge is 0.390 e. The number of nitrogens with zero attached hydrogens (tertiary/aromatic N) is 2. The van der Waals surface area contributed by atoms with Crippen LogP contribution in [0.2, 0.25) is 0 Å². The van der Waals surface area contributed by atoms with Gasteiger partial charge in [0.05, 0.1) is 26.6 Å². The molecule has 0 saturated heterocycles. The molecule has 0 spiro atoms. The van der Waals surface area contributed by atoms with Gasteiger partial charge in [-0.1, -0.05) is 33.1 Å². The monoisotopic (exact) mass is 788 g/mol. The third-order valence-electron chi connectivity index (χ3n) is 6.41. The summed E-state index contributed by atoms with van der Waals surface area (Å²) in [6, 6.07) is 7.14. The van der Waals surface area contributed by atoms with Gasteiger partial charge in [0.15, 0.2) is 0 Å². The zero-order valence-corrected chi connectivity index (χ0v) is 29.7. The first-order valence-electron chi connectivity index (χ1n) is 13.2. The fraction of sp³-hybridized carbons (Fsp3) is 0.348. The number of anilines is 2. The SMILES string of the molecule is CCCCC(CC)CNC(=O)NNc1cc(C#N)c(C#N)cc1S(=O)(=O)c1ccc(NS(=O)(=O)S(=O)(=O)S(=O)(=O)S(=O)(=O)S(=O)O)cc1. The Morgan fingerprint density at radius 2 is 1.46 bits per heavy atom. The van der Waals surface area contributed by atoms with Gasteiger partial charge in [0.1, 0.15) is 12.1 Å². The Balaban J connectivity index is 2.45. The summed E-state index contributed by atoms with van der Waals surface area (Å²) in [5.41, 5.74) is 2.84. The minimum absolute atomic E-state index is 0.183. The summed E-state index contributed by atoms with van der Waals surface area (Å²) in [6.07, 6.45) is 3.58. The number of sulfone groups is 1. The molecular weight excluding hydrogens is 761 g/mol. The third-order valence-corrected chi connectivity index (χ3v) is 27.2. The number of nitriles is 2. The van der Waals surface area contributed by atoms with Crippen LogP contribution in [-0.4, -0.2) is 63.4 Å². The number of hydrogen-bond acceptors (Lipinski definition) is 15. The summed E-state index contributed by atoms with van der Waals surface area (Å²) in [4.78, 5) is 11.2. The second kappa shape index (κ2) is 15.6. The van der Waals surface area contributed by atoms with Crippen LogP contribution in [0.1, 0.15) is 50.7 Å². The van der Waals surface area contributed by atoms with Crippen molar-refractivity contribution in [3.8, 4) is 12.1 Å². The van der Waals surface area contributed by atoms with Gasteiger partial charge in [-0.15, -0.1) is 0 Å². The van der Waals surface area contributed by atoms with Crippen LogP contribution in [-0.2, 0) is 52.7 Å². The minimum Gasteiger partial charge on any atom is -0.336 e. The van der Waals surface area contributed by atoms with E-state index in [9.17, 15) is 61.6 Å². The number of nitrogens with one attached hydrogen (secondary N) is 4. The van der Waals surface area contributed by atoms with Crippen molar-refractivity contribution in [2.75, 3.05) is 16.7 Å². The van der Waals surface area contributed by atoms with Crippen molar-refractivity contribution in [2.45, 2.75) is 49.3 Å². The number of hydrazine groups is 1. The van der Waals surface area contributed by atoms with Crippen LogP contribution in [0.15, 0.2) is 46.2 Å². The van der Waals surface area contributed by atoms with E-state index in [1.807, 2.05) is 13.8 Å². The zero-order valence-electron chi connectivity index (χ0n) is 24.8. The molecule has 25 heteroatoms. The van der Waals surface area contributed by atoms with E-state index in [-0.39, 0.29) is 22.7 Å². The highest BCUT2D eigenvalue weighted by molar-refractivity contribution is 9.24. The molecule has 2 atom stereocenters. The molecule has 2 unspecified atom stereocenters. The van der Waals surface area contributed by atoms with E-state index < -0.39 is 74.2 Å². The number of amides is 2. The zero-order chi connectivity index (χ0) is 36.7. The Morgan fingerprint density at radius 3 is 1.96 bits per heavy atom. The van der Waals surface area contributed by atoms with Gasteiger partial charge in [0.2, 0.25) is 9.84 Å². The van der Waals surface area contributed by atoms with E-state index in [4.69, 9.17) is 4.55 Å². The maximum Gasteiger partial charge on any atom is 0.390 e. The lowest BCUT2D eigenvalue weighted by Gasteiger charge is -2.18. The molecule has 48 heavy (non-hydrogen) atoms. The average molecular weight is 789 g/mol. The van der Waals surface area contributed by atoms with E-state index in [0.717, 1.165) is 37.8 Å². The van der Waals surface area contributed by atoms with Crippen LogP contribution in [0.5, 0.6) is 0 Å². The lowest BCUT2D eigenvalue weighted by Crippen LogP contribution is -2.41. The molecule has 0 aliphatic rings. The number of benzene rings is 2. The summed E-state index contributed by atoms with van der Waals surface area (Å²) in [7, 11) is -35.4. The molecule has 0 saturated carbocycles. The highest BCUT2D eigenvalue weighted by atomic mass is 33.9. The lowest BCUT2D eigenvalue weighted by molar-refractivity contribution is 0.240. The van der Waals surface area contributed by atoms with Crippen LogP contribution in [0.25, 0.3) is 0 Å². The third kappa shape index (κ3) is 8.41. The molecule has 2 aromatic rings. The Bertz CT molecular complexity index is 2230. The lowest BCUT2D eigenvalue weighted by atomic mass is 9.99. The number of unbranched alkanes of at least 4 members (excludes halogenated alkanes) is 1. The molecule has 0 radical (unpaired) electrons. The molecule has 0 fully saturated rings. The van der Waals surface area contributed by atoms with Crippen molar-refractivity contribution < 1.29 is 55.6 Å². The molecule has 264 valence electrons. The molecule has 0 aliphatic heterocycles. The van der Waals surface area contributed by atoms with Crippen molar-refractivity contribution in [3.63, 3.8) is 0 Å². The molecule has 0 bridgehead atoms. The van der Waals surface area contributed by atoms with Crippen molar-refractivity contribution in [1.82, 2.24) is 10.7 Å². The first kappa shape index (κ1) is 40.3. The summed E-state index contributed by atoms with van der Waals surface area (Å²) in [5.74, 6) is 0.183.